The van der Waals surface area contributed by atoms with Gasteiger partial charge < -0.3 is 19.3 Å². The van der Waals surface area contributed by atoms with Crippen molar-refractivity contribution in [3.8, 4) is 0 Å². The standard InChI is InChI=1S/C26H37N5O3S/c1-18-4-5-20-21(15-18)35-25-23(20)24(27-22(28-25)17-29-7-11-33-12-8-29)31-6-2-3-19(16-31)26(32)30-9-13-34-14-10-30/h18-19H,2-17H2,1H3. The van der Waals surface area contributed by atoms with E-state index in [2.05, 4.69) is 16.7 Å². The number of ether oxygens (including phenoxy) is 2. The van der Waals surface area contributed by atoms with Crippen LogP contribution in [0.25, 0.3) is 10.2 Å². The van der Waals surface area contributed by atoms with Crippen LogP contribution in [-0.2, 0) is 33.7 Å². The fraction of sp³-hybridized carbons (Fsp3) is 0.731. The van der Waals surface area contributed by atoms with E-state index in [0.29, 0.717) is 26.3 Å². The van der Waals surface area contributed by atoms with Gasteiger partial charge in [0.05, 0.1) is 44.3 Å². The molecule has 3 fully saturated rings. The molecule has 1 amide bonds. The van der Waals surface area contributed by atoms with E-state index in [1.807, 2.05) is 16.2 Å². The topological polar surface area (TPSA) is 71.0 Å². The number of aryl methyl sites for hydroxylation is 1. The third kappa shape index (κ3) is 4.92. The van der Waals surface area contributed by atoms with Gasteiger partial charge in [0.25, 0.3) is 0 Å². The van der Waals surface area contributed by atoms with E-state index in [9.17, 15) is 4.79 Å². The number of thiophene rings is 1. The second kappa shape index (κ2) is 10.3. The molecule has 2 aromatic rings. The number of carbonyl (C=O) groups is 1. The van der Waals surface area contributed by atoms with Crippen LogP contribution in [0.15, 0.2) is 0 Å². The molecule has 3 aliphatic heterocycles. The number of nitrogens with zero attached hydrogens (tertiary/aromatic N) is 5. The number of carbonyl (C=O) groups excluding carboxylic acids is 1. The smallest absolute Gasteiger partial charge is 0.227 e. The molecule has 2 aromatic heterocycles. The molecule has 35 heavy (non-hydrogen) atoms. The molecular weight excluding hydrogens is 462 g/mol. The summed E-state index contributed by atoms with van der Waals surface area (Å²) < 4.78 is 11.0. The lowest BCUT2D eigenvalue weighted by atomic mass is 9.89. The SMILES string of the molecule is CC1CCc2c(sc3nc(CN4CCOCC4)nc(N4CCCC(C(=O)N5CCOCC5)C4)c23)C1. The molecule has 0 bridgehead atoms. The molecule has 2 unspecified atom stereocenters. The van der Waals surface area contributed by atoms with Crippen LogP contribution in [0, 0.1) is 11.8 Å². The molecule has 0 spiro atoms. The number of rotatable bonds is 4. The Morgan fingerprint density at radius 3 is 2.60 bits per heavy atom. The minimum Gasteiger partial charge on any atom is -0.379 e. The fourth-order valence-electron chi connectivity index (χ4n) is 6.04. The highest BCUT2D eigenvalue weighted by atomic mass is 32.1. The van der Waals surface area contributed by atoms with Crippen molar-refractivity contribution in [3.63, 3.8) is 0 Å². The van der Waals surface area contributed by atoms with E-state index in [4.69, 9.17) is 19.4 Å². The van der Waals surface area contributed by atoms with Crippen LogP contribution in [0.3, 0.4) is 0 Å². The molecular formula is C26H37N5O3S. The molecule has 0 aromatic carbocycles. The summed E-state index contributed by atoms with van der Waals surface area (Å²) in [6.45, 7) is 11.0. The van der Waals surface area contributed by atoms with Crippen molar-refractivity contribution in [3.05, 3.63) is 16.3 Å². The minimum atomic E-state index is 0.0315. The lowest BCUT2D eigenvalue weighted by Gasteiger charge is -2.37. The summed E-state index contributed by atoms with van der Waals surface area (Å²) in [5, 5.41) is 1.27. The van der Waals surface area contributed by atoms with Crippen LogP contribution >= 0.6 is 11.3 Å². The van der Waals surface area contributed by atoms with E-state index >= 15 is 0 Å². The Kier molecular flexibility index (Phi) is 6.93. The van der Waals surface area contributed by atoms with Gasteiger partial charge in [0.1, 0.15) is 16.5 Å². The van der Waals surface area contributed by atoms with Gasteiger partial charge in [0.15, 0.2) is 0 Å². The third-order valence-corrected chi connectivity index (χ3v) is 9.19. The van der Waals surface area contributed by atoms with Crippen LogP contribution in [0.5, 0.6) is 0 Å². The first-order valence-electron chi connectivity index (χ1n) is 13.4. The Labute approximate surface area is 211 Å². The number of aromatic nitrogens is 2. The van der Waals surface area contributed by atoms with E-state index in [1.165, 1.54) is 22.2 Å². The highest BCUT2D eigenvalue weighted by Gasteiger charge is 2.33. The Morgan fingerprint density at radius 2 is 1.80 bits per heavy atom. The minimum absolute atomic E-state index is 0.0315. The predicted octanol–water partition coefficient (Wildman–Crippen LogP) is 2.72. The number of fused-ring (bicyclic) bond motifs is 3. The second-order valence-electron chi connectivity index (χ2n) is 10.6. The Morgan fingerprint density at radius 1 is 1.03 bits per heavy atom. The van der Waals surface area contributed by atoms with Crippen molar-refractivity contribution in [2.24, 2.45) is 11.8 Å². The molecule has 0 radical (unpaired) electrons. The molecule has 9 heteroatoms. The molecule has 5 heterocycles. The summed E-state index contributed by atoms with van der Waals surface area (Å²) in [4.78, 5) is 33.1. The average molecular weight is 500 g/mol. The maximum absolute atomic E-state index is 13.3. The number of hydrogen-bond acceptors (Lipinski definition) is 8. The van der Waals surface area contributed by atoms with E-state index < -0.39 is 0 Å². The first-order valence-corrected chi connectivity index (χ1v) is 14.2. The van der Waals surface area contributed by atoms with Crippen molar-refractivity contribution in [1.82, 2.24) is 19.8 Å². The van der Waals surface area contributed by atoms with Crippen LogP contribution in [0.1, 0.15) is 42.5 Å². The molecule has 6 rings (SSSR count). The Bertz CT molecular complexity index is 1060. The normalized spacial score (nSPS) is 26.2. The molecule has 1 aliphatic carbocycles. The average Bonchev–Trinajstić information content (AvgIpc) is 3.26. The van der Waals surface area contributed by atoms with Crippen LogP contribution < -0.4 is 4.90 Å². The summed E-state index contributed by atoms with van der Waals surface area (Å²) in [6.07, 6.45) is 5.47. The highest BCUT2D eigenvalue weighted by Crippen LogP contribution is 2.42. The lowest BCUT2D eigenvalue weighted by molar-refractivity contribution is -0.139. The van der Waals surface area contributed by atoms with Crippen LogP contribution in [-0.4, -0.2) is 91.4 Å². The van der Waals surface area contributed by atoms with Crippen molar-refractivity contribution >= 4 is 33.3 Å². The summed E-state index contributed by atoms with van der Waals surface area (Å²) in [6, 6.07) is 0. The van der Waals surface area contributed by atoms with Gasteiger partial charge in [-0.1, -0.05) is 6.92 Å². The van der Waals surface area contributed by atoms with Gasteiger partial charge in [-0.3, -0.25) is 9.69 Å². The Hall–Kier alpha value is -1.81. The van der Waals surface area contributed by atoms with Gasteiger partial charge >= 0.3 is 0 Å². The third-order valence-electron chi connectivity index (χ3n) is 8.04. The molecule has 190 valence electrons. The first kappa shape index (κ1) is 23.6. The summed E-state index contributed by atoms with van der Waals surface area (Å²) in [5.41, 5.74) is 1.47. The molecule has 0 N–H and O–H groups in total. The largest absolute Gasteiger partial charge is 0.379 e. The molecule has 2 atom stereocenters. The maximum Gasteiger partial charge on any atom is 0.227 e. The zero-order chi connectivity index (χ0) is 23.8. The van der Waals surface area contributed by atoms with Crippen molar-refractivity contribution < 1.29 is 14.3 Å². The number of anilines is 1. The summed E-state index contributed by atoms with van der Waals surface area (Å²) >= 11 is 1.88. The number of piperidine rings is 1. The van der Waals surface area contributed by atoms with Gasteiger partial charge in [-0.05, 0) is 43.6 Å². The predicted molar refractivity (Wildman–Crippen MR) is 137 cm³/mol. The zero-order valence-electron chi connectivity index (χ0n) is 20.8. The summed E-state index contributed by atoms with van der Waals surface area (Å²) in [5.74, 6) is 3.03. The maximum atomic E-state index is 13.3. The van der Waals surface area contributed by atoms with Crippen LogP contribution in [0.2, 0.25) is 0 Å². The number of morpholine rings is 2. The number of amides is 1. The monoisotopic (exact) mass is 499 g/mol. The van der Waals surface area contributed by atoms with E-state index in [-0.39, 0.29) is 11.8 Å². The lowest BCUT2D eigenvalue weighted by Crippen LogP contribution is -2.48. The molecule has 0 saturated carbocycles. The quantitative estimate of drug-likeness (QED) is 0.641. The summed E-state index contributed by atoms with van der Waals surface area (Å²) in [7, 11) is 0. The molecule has 4 aliphatic rings. The van der Waals surface area contributed by atoms with Gasteiger partial charge in [-0.25, -0.2) is 9.97 Å². The molecule has 8 nitrogen and oxygen atoms in total. The van der Waals surface area contributed by atoms with E-state index in [1.54, 1.807) is 0 Å². The van der Waals surface area contributed by atoms with Gasteiger partial charge in [-0.15, -0.1) is 11.3 Å². The van der Waals surface area contributed by atoms with Crippen molar-refractivity contribution in [1.29, 1.82) is 0 Å². The van der Waals surface area contributed by atoms with Gasteiger partial charge in [0, 0.05) is 44.1 Å². The fourth-order valence-corrected chi connectivity index (χ4v) is 7.43. The van der Waals surface area contributed by atoms with Crippen molar-refractivity contribution in [2.75, 3.05) is 70.6 Å². The first-order chi connectivity index (χ1) is 17.2. The van der Waals surface area contributed by atoms with Crippen molar-refractivity contribution in [2.45, 2.75) is 45.6 Å². The molecule has 3 saturated heterocycles. The van der Waals surface area contributed by atoms with Gasteiger partial charge in [0.2, 0.25) is 5.91 Å². The van der Waals surface area contributed by atoms with Crippen LogP contribution in [0.4, 0.5) is 5.82 Å². The zero-order valence-corrected chi connectivity index (χ0v) is 21.7. The Balaban J connectivity index is 1.33. The second-order valence-corrected chi connectivity index (χ2v) is 11.7. The van der Waals surface area contributed by atoms with E-state index in [0.717, 1.165) is 94.0 Å². The van der Waals surface area contributed by atoms with Gasteiger partial charge in [-0.2, -0.15) is 0 Å². The highest BCUT2D eigenvalue weighted by molar-refractivity contribution is 7.19. The number of hydrogen-bond donors (Lipinski definition) is 0.